The fraction of sp³-hybridized carbons (Fsp3) is 0.467. The minimum absolute atomic E-state index is 0.143. The molecule has 116 valence electrons. The van der Waals surface area contributed by atoms with Crippen LogP contribution in [0.5, 0.6) is 5.75 Å². The Balaban J connectivity index is 2.25. The monoisotopic (exact) mass is 297 g/mol. The van der Waals surface area contributed by atoms with Crippen molar-refractivity contribution in [1.82, 2.24) is 4.90 Å². The minimum Gasteiger partial charge on any atom is -0.493 e. The molecule has 0 bridgehead atoms. The fourth-order valence-corrected chi connectivity index (χ4v) is 1.62. The van der Waals surface area contributed by atoms with Gasteiger partial charge in [-0.3, -0.25) is 9.59 Å². The molecule has 0 aromatic heterocycles. The van der Waals surface area contributed by atoms with E-state index in [4.69, 9.17) is 9.47 Å². The largest absolute Gasteiger partial charge is 0.493 e. The molecule has 0 N–H and O–H groups in total. The number of ether oxygens (including phenoxy) is 2. The van der Waals surface area contributed by atoms with Crippen molar-refractivity contribution in [3.05, 3.63) is 30.1 Å². The SMILES string of the molecule is CCOC(=O)CCN(C)C(=O)CCOc1cccc(F)c1. The van der Waals surface area contributed by atoms with Gasteiger partial charge in [0, 0.05) is 19.7 Å². The zero-order valence-corrected chi connectivity index (χ0v) is 12.3. The van der Waals surface area contributed by atoms with Gasteiger partial charge in [-0.05, 0) is 19.1 Å². The summed E-state index contributed by atoms with van der Waals surface area (Å²) in [6, 6.07) is 5.74. The van der Waals surface area contributed by atoms with Gasteiger partial charge in [0.15, 0.2) is 0 Å². The van der Waals surface area contributed by atoms with Crippen molar-refractivity contribution in [3.63, 3.8) is 0 Å². The summed E-state index contributed by atoms with van der Waals surface area (Å²) in [7, 11) is 1.61. The van der Waals surface area contributed by atoms with Crippen LogP contribution in [0.25, 0.3) is 0 Å². The second-order valence-corrected chi connectivity index (χ2v) is 4.43. The first kappa shape index (κ1) is 16.9. The molecule has 6 heteroatoms. The molecule has 0 unspecified atom stereocenters. The smallest absolute Gasteiger partial charge is 0.307 e. The molecule has 0 fully saturated rings. The highest BCUT2D eigenvalue weighted by molar-refractivity contribution is 5.77. The lowest BCUT2D eigenvalue weighted by Gasteiger charge is -2.16. The third-order valence-corrected chi connectivity index (χ3v) is 2.76. The lowest BCUT2D eigenvalue weighted by Crippen LogP contribution is -2.30. The second kappa shape index (κ2) is 8.94. The Hall–Kier alpha value is -2.11. The molecule has 0 heterocycles. The molecule has 0 spiro atoms. The van der Waals surface area contributed by atoms with Crippen molar-refractivity contribution in [2.45, 2.75) is 19.8 Å². The van der Waals surface area contributed by atoms with Crippen LogP contribution in [0, 0.1) is 5.82 Å². The van der Waals surface area contributed by atoms with E-state index in [2.05, 4.69) is 0 Å². The van der Waals surface area contributed by atoms with Crippen LogP contribution in [0.4, 0.5) is 4.39 Å². The van der Waals surface area contributed by atoms with Crippen molar-refractivity contribution in [2.75, 3.05) is 26.8 Å². The number of halogens is 1. The molecule has 0 saturated heterocycles. The Morgan fingerprint density at radius 2 is 2.05 bits per heavy atom. The highest BCUT2D eigenvalue weighted by atomic mass is 19.1. The molecule has 1 amide bonds. The van der Waals surface area contributed by atoms with Gasteiger partial charge in [0.2, 0.25) is 5.91 Å². The molecule has 0 saturated carbocycles. The predicted molar refractivity (Wildman–Crippen MR) is 75.4 cm³/mol. The number of esters is 1. The molecule has 5 nitrogen and oxygen atoms in total. The van der Waals surface area contributed by atoms with Crippen molar-refractivity contribution >= 4 is 11.9 Å². The predicted octanol–water partition coefficient (Wildman–Crippen LogP) is 2.01. The van der Waals surface area contributed by atoms with Crippen molar-refractivity contribution < 1.29 is 23.5 Å². The summed E-state index contributed by atoms with van der Waals surface area (Å²) in [5.74, 6) is -0.466. The summed E-state index contributed by atoms with van der Waals surface area (Å²) in [6.45, 7) is 2.53. The van der Waals surface area contributed by atoms with Crippen LogP contribution in [0.1, 0.15) is 19.8 Å². The van der Waals surface area contributed by atoms with Crippen molar-refractivity contribution in [2.24, 2.45) is 0 Å². The van der Waals surface area contributed by atoms with Crippen LogP contribution in [0.3, 0.4) is 0 Å². The van der Waals surface area contributed by atoms with Gasteiger partial charge in [0.1, 0.15) is 11.6 Å². The fourth-order valence-electron chi connectivity index (χ4n) is 1.62. The van der Waals surface area contributed by atoms with E-state index in [1.807, 2.05) is 0 Å². The van der Waals surface area contributed by atoms with Gasteiger partial charge in [-0.2, -0.15) is 0 Å². The number of hydrogen-bond donors (Lipinski definition) is 0. The molecule has 0 aliphatic carbocycles. The summed E-state index contributed by atoms with van der Waals surface area (Å²) in [5.41, 5.74) is 0. The van der Waals surface area contributed by atoms with Gasteiger partial charge in [-0.15, -0.1) is 0 Å². The van der Waals surface area contributed by atoms with E-state index < -0.39 is 0 Å². The summed E-state index contributed by atoms with van der Waals surface area (Å²) in [6.07, 6.45) is 0.330. The van der Waals surface area contributed by atoms with Crippen LogP contribution < -0.4 is 4.74 Å². The van der Waals surface area contributed by atoms with Gasteiger partial charge in [0.25, 0.3) is 0 Å². The van der Waals surface area contributed by atoms with E-state index in [1.54, 1.807) is 20.0 Å². The molecule has 0 radical (unpaired) electrons. The number of rotatable bonds is 8. The van der Waals surface area contributed by atoms with Crippen LogP contribution in [-0.4, -0.2) is 43.6 Å². The number of carbonyl (C=O) groups is 2. The Bertz CT molecular complexity index is 478. The Morgan fingerprint density at radius 1 is 1.29 bits per heavy atom. The summed E-state index contributed by atoms with van der Waals surface area (Å²) < 4.78 is 23.0. The Labute approximate surface area is 123 Å². The normalized spacial score (nSPS) is 10.0. The minimum atomic E-state index is -0.384. The quantitative estimate of drug-likeness (QED) is 0.689. The van der Waals surface area contributed by atoms with Gasteiger partial charge in [-0.25, -0.2) is 4.39 Å². The highest BCUT2D eigenvalue weighted by Gasteiger charge is 2.11. The topological polar surface area (TPSA) is 55.8 Å². The molecule has 21 heavy (non-hydrogen) atoms. The maximum absolute atomic E-state index is 12.9. The third-order valence-electron chi connectivity index (χ3n) is 2.76. The van der Waals surface area contributed by atoms with E-state index in [-0.39, 0.29) is 37.1 Å². The van der Waals surface area contributed by atoms with E-state index in [9.17, 15) is 14.0 Å². The molecule has 1 rings (SSSR count). The Kier molecular flexibility index (Phi) is 7.21. The first-order valence-corrected chi connectivity index (χ1v) is 6.81. The van der Waals surface area contributed by atoms with Gasteiger partial charge in [-0.1, -0.05) is 6.07 Å². The second-order valence-electron chi connectivity index (χ2n) is 4.43. The Morgan fingerprint density at radius 3 is 2.71 bits per heavy atom. The standard InChI is InChI=1S/C15H20FNO4/c1-3-20-15(19)7-9-17(2)14(18)8-10-21-13-6-4-5-12(16)11-13/h4-6,11H,3,7-10H2,1-2H3. The van der Waals surface area contributed by atoms with E-state index in [0.717, 1.165) is 0 Å². The van der Waals surface area contributed by atoms with Gasteiger partial charge < -0.3 is 14.4 Å². The van der Waals surface area contributed by atoms with Crippen LogP contribution >= 0.6 is 0 Å². The zero-order chi connectivity index (χ0) is 15.7. The van der Waals surface area contributed by atoms with E-state index in [1.165, 1.54) is 23.1 Å². The molecular weight excluding hydrogens is 277 g/mol. The van der Waals surface area contributed by atoms with Crippen LogP contribution in [0.2, 0.25) is 0 Å². The number of nitrogens with zero attached hydrogens (tertiary/aromatic N) is 1. The lowest BCUT2D eigenvalue weighted by atomic mass is 10.3. The summed E-state index contributed by atoms with van der Waals surface area (Å²) in [5, 5.41) is 0. The van der Waals surface area contributed by atoms with E-state index in [0.29, 0.717) is 18.9 Å². The van der Waals surface area contributed by atoms with Gasteiger partial charge in [0.05, 0.1) is 26.1 Å². The maximum atomic E-state index is 12.9. The third kappa shape index (κ3) is 6.74. The van der Waals surface area contributed by atoms with Crippen LogP contribution in [-0.2, 0) is 14.3 Å². The molecular formula is C15H20FNO4. The van der Waals surface area contributed by atoms with E-state index >= 15 is 0 Å². The highest BCUT2D eigenvalue weighted by Crippen LogP contribution is 2.12. The average Bonchev–Trinajstić information content (AvgIpc) is 2.45. The number of benzene rings is 1. The van der Waals surface area contributed by atoms with Crippen molar-refractivity contribution in [1.29, 1.82) is 0 Å². The first-order valence-electron chi connectivity index (χ1n) is 6.81. The van der Waals surface area contributed by atoms with Crippen molar-refractivity contribution in [3.8, 4) is 5.75 Å². The molecule has 1 aromatic carbocycles. The molecule has 0 atom stereocenters. The number of amides is 1. The molecule has 0 aliphatic rings. The zero-order valence-electron chi connectivity index (χ0n) is 12.3. The lowest BCUT2D eigenvalue weighted by molar-refractivity contribution is -0.143. The number of carbonyl (C=O) groups excluding carboxylic acids is 2. The summed E-state index contributed by atoms with van der Waals surface area (Å²) >= 11 is 0. The average molecular weight is 297 g/mol. The molecule has 0 aliphatic heterocycles. The maximum Gasteiger partial charge on any atom is 0.307 e. The van der Waals surface area contributed by atoms with Crippen LogP contribution in [0.15, 0.2) is 24.3 Å². The number of hydrogen-bond acceptors (Lipinski definition) is 4. The first-order chi connectivity index (χ1) is 10.0. The van der Waals surface area contributed by atoms with Gasteiger partial charge >= 0.3 is 5.97 Å². The molecule has 1 aromatic rings. The summed E-state index contributed by atoms with van der Waals surface area (Å²) in [4.78, 5) is 24.4.